The van der Waals surface area contributed by atoms with Crippen molar-refractivity contribution in [3.8, 4) is 0 Å². The topological polar surface area (TPSA) is 69.7 Å². The summed E-state index contributed by atoms with van der Waals surface area (Å²) in [6.45, 7) is -0.339. The van der Waals surface area contributed by atoms with Crippen LogP contribution in [0.5, 0.6) is 0 Å². The van der Waals surface area contributed by atoms with Crippen LogP contribution in [0, 0.1) is 0 Å². The lowest BCUT2D eigenvalue weighted by Crippen LogP contribution is -2.39. The number of ether oxygens (including phenoxy) is 2. The predicted octanol–water partition coefficient (Wildman–Crippen LogP) is 4.68. The fourth-order valence-corrected chi connectivity index (χ4v) is 2.90. The molecule has 2 aromatic rings. The van der Waals surface area contributed by atoms with Crippen molar-refractivity contribution in [3.05, 3.63) is 69.7 Å². The Morgan fingerprint density at radius 2 is 1.43 bits per heavy atom. The van der Waals surface area contributed by atoms with Gasteiger partial charge in [-0.1, -0.05) is 39.1 Å². The lowest BCUT2D eigenvalue weighted by molar-refractivity contribution is -0.115. The minimum Gasteiger partial charge on any atom is -0.461 e. The monoisotopic (exact) mass is 490 g/mol. The molecule has 0 aliphatic heterocycles. The largest absolute Gasteiger partial charge is 0.461 e. The van der Waals surface area contributed by atoms with E-state index in [4.69, 9.17) is 32.7 Å². The van der Waals surface area contributed by atoms with Crippen LogP contribution in [0.15, 0.2) is 48.5 Å². The average molecular weight is 492 g/mol. The molecule has 0 aliphatic rings. The molecule has 0 fully saturated rings. The quantitative estimate of drug-likeness (QED) is 0.304. The van der Waals surface area contributed by atoms with Gasteiger partial charge < -0.3 is 9.47 Å². The van der Waals surface area contributed by atoms with E-state index in [9.17, 15) is 18.8 Å². The minimum absolute atomic E-state index is 0.00901. The predicted molar refractivity (Wildman–Crippen MR) is 106 cm³/mol. The maximum atomic E-state index is 14.0. The first-order valence-electron chi connectivity index (χ1n) is 7.94. The van der Waals surface area contributed by atoms with Gasteiger partial charge in [0, 0.05) is 10.0 Å². The van der Waals surface area contributed by atoms with Gasteiger partial charge in [0.25, 0.3) is 0 Å². The van der Waals surface area contributed by atoms with Gasteiger partial charge in [-0.15, -0.1) is 0 Å². The molecule has 0 radical (unpaired) electrons. The van der Waals surface area contributed by atoms with Crippen LogP contribution in [0.1, 0.15) is 20.7 Å². The van der Waals surface area contributed by atoms with E-state index in [0.29, 0.717) is 10.0 Å². The molecule has 9 heteroatoms. The number of benzene rings is 2. The van der Waals surface area contributed by atoms with Crippen LogP contribution in [0.3, 0.4) is 0 Å². The molecule has 28 heavy (non-hydrogen) atoms. The van der Waals surface area contributed by atoms with Crippen LogP contribution < -0.4 is 0 Å². The molecule has 2 rings (SSSR count). The molecule has 0 amide bonds. The van der Waals surface area contributed by atoms with Crippen LogP contribution in [0.25, 0.3) is 0 Å². The standard InChI is InChI=1S/C19H14BrCl2FO5/c20-15(10-27-18(25)11-1-5-13(21)6-2-11)17(16(23)9-24)28-19(26)12-3-7-14(22)8-4-12/h1-9,15-17H,10H2/t15-,16+,17+/m0/s1. The van der Waals surface area contributed by atoms with Crippen LogP contribution in [0.4, 0.5) is 4.39 Å². The summed E-state index contributed by atoms with van der Waals surface area (Å²) >= 11 is 14.6. The second-order valence-electron chi connectivity index (χ2n) is 5.58. The van der Waals surface area contributed by atoms with E-state index in [0.717, 1.165) is 0 Å². The molecule has 0 aromatic heterocycles. The zero-order valence-corrected chi connectivity index (χ0v) is 17.3. The third-order valence-corrected chi connectivity index (χ3v) is 4.87. The maximum Gasteiger partial charge on any atom is 0.338 e. The molecule has 2 aromatic carbocycles. The van der Waals surface area contributed by atoms with Crippen molar-refractivity contribution in [1.82, 2.24) is 0 Å². The number of halogens is 4. The average Bonchev–Trinajstić information content (AvgIpc) is 2.70. The van der Waals surface area contributed by atoms with E-state index >= 15 is 0 Å². The zero-order chi connectivity index (χ0) is 20.7. The Kier molecular flexibility index (Phi) is 8.41. The number of esters is 2. The normalized spacial score (nSPS) is 13.9. The molecule has 0 aliphatic carbocycles. The molecule has 0 N–H and O–H groups in total. The van der Waals surface area contributed by atoms with Gasteiger partial charge in [0.2, 0.25) is 0 Å². The summed E-state index contributed by atoms with van der Waals surface area (Å²) in [5.74, 6) is -1.52. The third-order valence-electron chi connectivity index (χ3n) is 3.58. The zero-order valence-electron chi connectivity index (χ0n) is 14.2. The van der Waals surface area contributed by atoms with Gasteiger partial charge in [0.05, 0.1) is 16.0 Å². The molecule has 0 unspecified atom stereocenters. The summed E-state index contributed by atoms with van der Waals surface area (Å²) in [6.07, 6.45) is -3.61. The van der Waals surface area contributed by atoms with Crippen LogP contribution in [-0.4, -0.2) is 41.9 Å². The van der Waals surface area contributed by atoms with E-state index in [1.54, 1.807) is 0 Å². The summed E-state index contributed by atoms with van der Waals surface area (Å²) < 4.78 is 24.2. The molecule has 0 bridgehead atoms. The Labute approximate surface area is 178 Å². The van der Waals surface area contributed by atoms with E-state index in [1.165, 1.54) is 48.5 Å². The van der Waals surface area contributed by atoms with E-state index < -0.39 is 29.0 Å². The number of rotatable bonds is 8. The van der Waals surface area contributed by atoms with Crippen molar-refractivity contribution in [2.75, 3.05) is 6.61 Å². The number of alkyl halides is 2. The smallest absolute Gasteiger partial charge is 0.338 e. The van der Waals surface area contributed by atoms with Gasteiger partial charge in [-0.2, -0.15) is 0 Å². The highest BCUT2D eigenvalue weighted by Gasteiger charge is 2.33. The number of hydrogen-bond donors (Lipinski definition) is 0. The van der Waals surface area contributed by atoms with Gasteiger partial charge >= 0.3 is 11.9 Å². The summed E-state index contributed by atoms with van der Waals surface area (Å²) in [7, 11) is 0. The highest BCUT2D eigenvalue weighted by atomic mass is 79.9. The molecule has 0 spiro atoms. The van der Waals surface area contributed by atoms with E-state index in [2.05, 4.69) is 15.9 Å². The highest BCUT2D eigenvalue weighted by Crippen LogP contribution is 2.20. The minimum atomic E-state index is -2.12. The van der Waals surface area contributed by atoms with Crippen molar-refractivity contribution in [2.45, 2.75) is 17.1 Å². The van der Waals surface area contributed by atoms with E-state index in [1.807, 2.05) is 0 Å². The van der Waals surface area contributed by atoms with Gasteiger partial charge in [-0.25, -0.2) is 14.0 Å². The summed E-state index contributed by atoms with van der Waals surface area (Å²) in [5.41, 5.74) is 0.372. The fourth-order valence-electron chi connectivity index (χ4n) is 2.11. The van der Waals surface area contributed by atoms with E-state index in [-0.39, 0.29) is 24.0 Å². The van der Waals surface area contributed by atoms with Crippen molar-refractivity contribution >= 4 is 57.4 Å². The van der Waals surface area contributed by atoms with Gasteiger partial charge in [-0.05, 0) is 48.5 Å². The Morgan fingerprint density at radius 1 is 0.964 bits per heavy atom. The first-order chi connectivity index (χ1) is 13.3. The van der Waals surface area contributed by atoms with Crippen LogP contribution in [0.2, 0.25) is 10.0 Å². The molecule has 0 saturated carbocycles. The number of carbonyl (C=O) groups is 3. The lowest BCUT2D eigenvalue weighted by atomic mass is 10.1. The molecule has 0 heterocycles. The van der Waals surface area contributed by atoms with Gasteiger partial charge in [-0.3, -0.25) is 4.79 Å². The Bertz CT molecular complexity index is 829. The Morgan fingerprint density at radius 3 is 1.89 bits per heavy atom. The van der Waals surface area contributed by atoms with Crippen molar-refractivity contribution in [3.63, 3.8) is 0 Å². The highest BCUT2D eigenvalue weighted by molar-refractivity contribution is 9.09. The molecule has 0 saturated heterocycles. The Balaban J connectivity index is 2.01. The second kappa shape index (κ2) is 10.5. The number of aldehydes is 1. The SMILES string of the molecule is O=C[C@@H](F)[C@H](OC(=O)c1ccc(Cl)cc1)[C@@H](Br)COC(=O)c1ccc(Cl)cc1. The molecule has 148 valence electrons. The lowest BCUT2D eigenvalue weighted by Gasteiger charge is -2.23. The summed E-state index contributed by atoms with van der Waals surface area (Å²) in [4.78, 5) is 34.1. The van der Waals surface area contributed by atoms with Crippen LogP contribution in [-0.2, 0) is 14.3 Å². The van der Waals surface area contributed by atoms with Crippen molar-refractivity contribution in [1.29, 1.82) is 0 Å². The first kappa shape index (κ1) is 22.3. The van der Waals surface area contributed by atoms with Crippen molar-refractivity contribution in [2.24, 2.45) is 0 Å². The number of hydrogen-bond acceptors (Lipinski definition) is 5. The Hall–Kier alpha value is -1.96. The van der Waals surface area contributed by atoms with Crippen LogP contribution >= 0.6 is 39.1 Å². The molecule has 3 atom stereocenters. The maximum absolute atomic E-state index is 14.0. The van der Waals surface area contributed by atoms with Gasteiger partial charge in [0.1, 0.15) is 6.61 Å². The third kappa shape index (κ3) is 6.29. The number of carbonyl (C=O) groups excluding carboxylic acids is 3. The summed E-state index contributed by atoms with van der Waals surface area (Å²) in [6, 6.07) is 11.7. The van der Waals surface area contributed by atoms with Gasteiger partial charge in [0.15, 0.2) is 18.6 Å². The molecule has 5 nitrogen and oxygen atoms in total. The van der Waals surface area contributed by atoms with Crippen molar-refractivity contribution < 1.29 is 28.2 Å². The molecular formula is C19H14BrCl2FO5. The fraction of sp³-hybridized carbons (Fsp3) is 0.211. The molecular weight excluding hydrogens is 478 g/mol. The first-order valence-corrected chi connectivity index (χ1v) is 9.61. The second-order valence-corrected chi connectivity index (χ2v) is 7.63. The summed E-state index contributed by atoms with van der Waals surface area (Å²) in [5, 5.41) is 0.868.